The number of hydrogen-bond donors (Lipinski definition) is 2. The van der Waals surface area contributed by atoms with E-state index in [0.717, 1.165) is 11.6 Å². The van der Waals surface area contributed by atoms with Crippen molar-refractivity contribution in [2.24, 2.45) is 0 Å². The summed E-state index contributed by atoms with van der Waals surface area (Å²) in [4.78, 5) is 4.54. The van der Waals surface area contributed by atoms with E-state index in [0.29, 0.717) is 6.04 Å². The minimum atomic E-state index is 0.379. The van der Waals surface area contributed by atoms with Crippen LogP contribution in [0.5, 0.6) is 0 Å². The third-order valence-electron chi connectivity index (χ3n) is 3.70. The van der Waals surface area contributed by atoms with Crippen molar-refractivity contribution >= 4 is 11.6 Å². The molecule has 1 aromatic heterocycles. The van der Waals surface area contributed by atoms with Gasteiger partial charge in [-0.05, 0) is 42.5 Å². The van der Waals surface area contributed by atoms with Crippen LogP contribution in [0.2, 0.25) is 0 Å². The number of rotatable bonds is 3. The Morgan fingerprint density at radius 3 is 2.79 bits per heavy atom. The predicted octanol–water partition coefficient (Wildman–Crippen LogP) is 3.61. The summed E-state index contributed by atoms with van der Waals surface area (Å²) >= 11 is 0. The lowest BCUT2D eigenvalue weighted by Gasteiger charge is -2.26. The van der Waals surface area contributed by atoms with Crippen molar-refractivity contribution in [1.29, 1.82) is 0 Å². The van der Waals surface area contributed by atoms with Gasteiger partial charge in [-0.1, -0.05) is 30.3 Å². The Morgan fingerprint density at radius 1 is 1.05 bits per heavy atom. The summed E-state index contributed by atoms with van der Waals surface area (Å²) in [6, 6.07) is 15.1. The van der Waals surface area contributed by atoms with E-state index >= 15 is 0 Å². The number of hydrogen-bond acceptors (Lipinski definition) is 3. The molecule has 2 N–H and O–H groups in total. The summed E-state index contributed by atoms with van der Waals surface area (Å²) in [5, 5.41) is 6.63. The van der Waals surface area contributed by atoms with Crippen LogP contribution in [0.25, 0.3) is 0 Å². The van der Waals surface area contributed by atoms with Crippen LogP contribution < -0.4 is 10.6 Å². The SMILES string of the molecule is CNc1cccc(NC2CCCc3ccccc32)n1. The third-order valence-corrected chi connectivity index (χ3v) is 3.70. The number of aryl methyl sites for hydroxylation is 1. The number of fused-ring (bicyclic) bond motifs is 1. The van der Waals surface area contributed by atoms with E-state index in [1.807, 2.05) is 25.2 Å². The van der Waals surface area contributed by atoms with Gasteiger partial charge < -0.3 is 10.6 Å². The van der Waals surface area contributed by atoms with E-state index in [4.69, 9.17) is 0 Å². The fourth-order valence-electron chi connectivity index (χ4n) is 2.74. The molecule has 1 heterocycles. The van der Waals surface area contributed by atoms with Crippen molar-refractivity contribution in [3.63, 3.8) is 0 Å². The number of anilines is 2. The zero-order chi connectivity index (χ0) is 13.1. The van der Waals surface area contributed by atoms with Gasteiger partial charge in [0.25, 0.3) is 0 Å². The van der Waals surface area contributed by atoms with Gasteiger partial charge in [-0.3, -0.25) is 0 Å². The average Bonchev–Trinajstić information content (AvgIpc) is 2.48. The van der Waals surface area contributed by atoms with Crippen LogP contribution in [0.15, 0.2) is 42.5 Å². The second kappa shape index (κ2) is 5.31. The minimum Gasteiger partial charge on any atom is -0.373 e. The molecular weight excluding hydrogens is 234 g/mol. The maximum atomic E-state index is 4.54. The molecule has 3 rings (SSSR count). The Bertz CT molecular complexity index is 565. The summed E-state index contributed by atoms with van der Waals surface area (Å²) < 4.78 is 0. The lowest BCUT2D eigenvalue weighted by Crippen LogP contribution is -2.17. The van der Waals surface area contributed by atoms with Crippen LogP contribution in [-0.2, 0) is 6.42 Å². The van der Waals surface area contributed by atoms with Crippen LogP contribution in [-0.4, -0.2) is 12.0 Å². The molecule has 1 aliphatic rings. The normalized spacial score (nSPS) is 17.6. The molecule has 3 heteroatoms. The van der Waals surface area contributed by atoms with Crippen LogP contribution in [0.3, 0.4) is 0 Å². The van der Waals surface area contributed by atoms with Crippen molar-refractivity contribution in [2.45, 2.75) is 25.3 Å². The molecule has 0 bridgehead atoms. The molecule has 19 heavy (non-hydrogen) atoms. The summed E-state index contributed by atoms with van der Waals surface area (Å²) in [6.07, 6.45) is 3.60. The third kappa shape index (κ3) is 2.55. The van der Waals surface area contributed by atoms with E-state index in [9.17, 15) is 0 Å². The van der Waals surface area contributed by atoms with E-state index in [2.05, 4.69) is 39.9 Å². The van der Waals surface area contributed by atoms with Crippen LogP contribution in [0.1, 0.15) is 30.0 Å². The monoisotopic (exact) mass is 253 g/mol. The van der Waals surface area contributed by atoms with Crippen molar-refractivity contribution in [3.8, 4) is 0 Å². The Hall–Kier alpha value is -2.03. The van der Waals surface area contributed by atoms with E-state index in [1.54, 1.807) is 0 Å². The summed E-state index contributed by atoms with van der Waals surface area (Å²) in [5.74, 6) is 1.84. The van der Waals surface area contributed by atoms with Crippen LogP contribution in [0.4, 0.5) is 11.6 Å². The first-order chi connectivity index (χ1) is 9.36. The molecule has 2 aromatic rings. The van der Waals surface area contributed by atoms with Gasteiger partial charge in [0.05, 0.1) is 6.04 Å². The molecule has 0 saturated heterocycles. The number of nitrogens with one attached hydrogen (secondary N) is 2. The molecule has 0 radical (unpaired) electrons. The highest BCUT2D eigenvalue weighted by molar-refractivity contribution is 5.47. The lowest BCUT2D eigenvalue weighted by molar-refractivity contribution is 0.599. The minimum absolute atomic E-state index is 0.379. The average molecular weight is 253 g/mol. The van der Waals surface area contributed by atoms with Crippen molar-refractivity contribution in [1.82, 2.24) is 4.98 Å². The lowest BCUT2D eigenvalue weighted by atomic mass is 9.88. The van der Waals surface area contributed by atoms with Gasteiger partial charge in [0.1, 0.15) is 11.6 Å². The molecule has 0 spiro atoms. The van der Waals surface area contributed by atoms with Gasteiger partial charge in [0.15, 0.2) is 0 Å². The van der Waals surface area contributed by atoms with Gasteiger partial charge >= 0.3 is 0 Å². The number of benzene rings is 1. The number of aromatic nitrogens is 1. The molecule has 0 amide bonds. The van der Waals surface area contributed by atoms with Crippen molar-refractivity contribution in [3.05, 3.63) is 53.6 Å². The maximum Gasteiger partial charge on any atom is 0.128 e. The molecular formula is C16H19N3. The molecule has 3 nitrogen and oxygen atoms in total. The highest BCUT2D eigenvalue weighted by Gasteiger charge is 2.19. The maximum absolute atomic E-state index is 4.54. The standard InChI is InChI=1S/C16H19N3/c1-17-15-10-5-11-16(19-15)18-14-9-4-7-12-6-2-3-8-13(12)14/h2-3,5-6,8,10-11,14H,4,7,9H2,1H3,(H2,17,18,19). The first-order valence-electron chi connectivity index (χ1n) is 6.86. The fraction of sp³-hybridized carbons (Fsp3) is 0.312. The summed E-state index contributed by atoms with van der Waals surface area (Å²) in [5.41, 5.74) is 2.89. The largest absolute Gasteiger partial charge is 0.373 e. The molecule has 1 aromatic carbocycles. The van der Waals surface area contributed by atoms with Crippen LogP contribution in [0, 0.1) is 0 Å². The molecule has 0 aliphatic heterocycles. The topological polar surface area (TPSA) is 37.0 Å². The second-order valence-corrected chi connectivity index (χ2v) is 4.95. The Labute approximate surface area is 114 Å². The zero-order valence-corrected chi connectivity index (χ0v) is 11.2. The Kier molecular flexibility index (Phi) is 3.36. The Balaban J connectivity index is 1.84. The molecule has 1 atom stereocenters. The molecule has 0 fully saturated rings. The molecule has 1 unspecified atom stereocenters. The van der Waals surface area contributed by atoms with Gasteiger partial charge in [-0.2, -0.15) is 0 Å². The van der Waals surface area contributed by atoms with Crippen molar-refractivity contribution < 1.29 is 0 Å². The smallest absolute Gasteiger partial charge is 0.128 e. The number of pyridine rings is 1. The van der Waals surface area contributed by atoms with Gasteiger partial charge in [0, 0.05) is 7.05 Å². The number of nitrogens with zero attached hydrogens (tertiary/aromatic N) is 1. The van der Waals surface area contributed by atoms with E-state index in [-0.39, 0.29) is 0 Å². The first-order valence-corrected chi connectivity index (χ1v) is 6.86. The van der Waals surface area contributed by atoms with Crippen molar-refractivity contribution in [2.75, 3.05) is 17.7 Å². The summed E-state index contributed by atoms with van der Waals surface area (Å²) in [7, 11) is 1.89. The summed E-state index contributed by atoms with van der Waals surface area (Å²) in [6.45, 7) is 0. The zero-order valence-electron chi connectivity index (χ0n) is 11.2. The fourth-order valence-corrected chi connectivity index (χ4v) is 2.74. The van der Waals surface area contributed by atoms with E-state index < -0.39 is 0 Å². The van der Waals surface area contributed by atoms with Gasteiger partial charge in [-0.25, -0.2) is 4.98 Å². The highest BCUT2D eigenvalue weighted by Crippen LogP contribution is 2.31. The molecule has 98 valence electrons. The molecule has 1 aliphatic carbocycles. The van der Waals surface area contributed by atoms with E-state index in [1.165, 1.54) is 30.4 Å². The predicted molar refractivity (Wildman–Crippen MR) is 79.5 cm³/mol. The van der Waals surface area contributed by atoms with Crippen LogP contribution >= 0.6 is 0 Å². The second-order valence-electron chi connectivity index (χ2n) is 4.95. The highest BCUT2D eigenvalue weighted by atomic mass is 15.1. The van der Waals surface area contributed by atoms with Gasteiger partial charge in [0.2, 0.25) is 0 Å². The first kappa shape index (κ1) is 12.0. The molecule has 0 saturated carbocycles. The quantitative estimate of drug-likeness (QED) is 0.877. The van der Waals surface area contributed by atoms with Gasteiger partial charge in [-0.15, -0.1) is 0 Å². The Morgan fingerprint density at radius 2 is 1.89 bits per heavy atom.